The Bertz CT molecular complexity index is 444. The van der Waals surface area contributed by atoms with Gasteiger partial charge < -0.3 is 4.74 Å². The lowest BCUT2D eigenvalue weighted by Gasteiger charge is -2.15. The van der Waals surface area contributed by atoms with Gasteiger partial charge in [0, 0.05) is 12.0 Å². The Morgan fingerprint density at radius 2 is 2.06 bits per heavy atom. The Hall–Kier alpha value is -1.57. The van der Waals surface area contributed by atoms with Crippen molar-refractivity contribution < 1.29 is 9.53 Å². The molecular formula is C14H16O2. The van der Waals surface area contributed by atoms with Crippen molar-refractivity contribution in [3.8, 4) is 5.75 Å². The Labute approximate surface area is 95.9 Å². The molecular weight excluding hydrogens is 200 g/mol. The average Bonchev–Trinajstić information content (AvgIpc) is 2.29. The van der Waals surface area contributed by atoms with Gasteiger partial charge in [-0.15, -0.1) is 0 Å². The quantitative estimate of drug-likeness (QED) is 0.759. The van der Waals surface area contributed by atoms with E-state index in [0.717, 1.165) is 29.7 Å². The summed E-state index contributed by atoms with van der Waals surface area (Å²) >= 11 is 0. The summed E-state index contributed by atoms with van der Waals surface area (Å²) in [6.45, 7) is 2.05. The van der Waals surface area contributed by atoms with E-state index in [-0.39, 0.29) is 5.78 Å². The smallest absolute Gasteiger partial charge is 0.155 e. The standard InChI is InChI=1S/C14H16O2/c1-10-6-7-14(16-2)13(8-10)11-4-3-5-12(15)9-11/h6-9H,3-5H2,1-2H3. The van der Waals surface area contributed by atoms with E-state index < -0.39 is 0 Å². The molecule has 0 N–H and O–H groups in total. The number of benzene rings is 1. The van der Waals surface area contributed by atoms with Crippen molar-refractivity contribution in [2.45, 2.75) is 26.2 Å². The third kappa shape index (κ3) is 2.16. The van der Waals surface area contributed by atoms with Crippen molar-refractivity contribution >= 4 is 11.4 Å². The summed E-state index contributed by atoms with van der Waals surface area (Å²) in [7, 11) is 1.67. The van der Waals surface area contributed by atoms with Crippen molar-refractivity contribution in [1.29, 1.82) is 0 Å². The maximum absolute atomic E-state index is 11.4. The molecule has 0 bridgehead atoms. The van der Waals surface area contributed by atoms with E-state index in [4.69, 9.17) is 4.74 Å². The lowest BCUT2D eigenvalue weighted by Crippen LogP contribution is -2.03. The van der Waals surface area contributed by atoms with Crippen LogP contribution < -0.4 is 4.74 Å². The third-order valence-electron chi connectivity index (χ3n) is 2.91. The van der Waals surface area contributed by atoms with Gasteiger partial charge in [0.25, 0.3) is 0 Å². The van der Waals surface area contributed by atoms with Gasteiger partial charge in [0.1, 0.15) is 5.75 Å². The van der Waals surface area contributed by atoms with Crippen LogP contribution in [0.2, 0.25) is 0 Å². The number of allylic oxidation sites excluding steroid dienone is 2. The maximum Gasteiger partial charge on any atom is 0.155 e. The molecule has 0 heterocycles. The van der Waals surface area contributed by atoms with Crippen molar-refractivity contribution in [3.05, 3.63) is 35.4 Å². The molecule has 84 valence electrons. The minimum absolute atomic E-state index is 0.227. The fourth-order valence-corrected chi connectivity index (χ4v) is 2.08. The van der Waals surface area contributed by atoms with E-state index in [2.05, 4.69) is 6.07 Å². The molecule has 0 atom stereocenters. The molecule has 1 aromatic carbocycles. The fourth-order valence-electron chi connectivity index (χ4n) is 2.08. The Morgan fingerprint density at radius 1 is 1.25 bits per heavy atom. The Kier molecular flexibility index (Phi) is 3.09. The van der Waals surface area contributed by atoms with Crippen LogP contribution in [-0.4, -0.2) is 12.9 Å². The number of hydrogen-bond acceptors (Lipinski definition) is 2. The molecule has 1 aliphatic rings. The van der Waals surface area contributed by atoms with Gasteiger partial charge >= 0.3 is 0 Å². The first-order valence-corrected chi connectivity index (χ1v) is 5.59. The Balaban J connectivity index is 2.45. The second-order valence-electron chi connectivity index (χ2n) is 4.19. The number of ether oxygens (including phenoxy) is 1. The average molecular weight is 216 g/mol. The maximum atomic E-state index is 11.4. The molecule has 0 saturated heterocycles. The second kappa shape index (κ2) is 4.52. The predicted molar refractivity (Wildman–Crippen MR) is 64.6 cm³/mol. The SMILES string of the molecule is COc1ccc(C)cc1C1=CC(=O)CCC1. The van der Waals surface area contributed by atoms with Crippen molar-refractivity contribution in [2.75, 3.05) is 7.11 Å². The molecule has 16 heavy (non-hydrogen) atoms. The molecule has 0 radical (unpaired) electrons. The molecule has 1 aliphatic carbocycles. The molecule has 2 nitrogen and oxygen atoms in total. The number of aryl methyl sites for hydroxylation is 1. The highest BCUT2D eigenvalue weighted by Crippen LogP contribution is 2.32. The first-order chi connectivity index (χ1) is 7.70. The first kappa shape index (κ1) is 10.9. The van der Waals surface area contributed by atoms with Gasteiger partial charge in [-0.2, -0.15) is 0 Å². The van der Waals surface area contributed by atoms with Crippen LogP contribution in [0, 0.1) is 6.92 Å². The van der Waals surface area contributed by atoms with Crippen LogP contribution >= 0.6 is 0 Å². The largest absolute Gasteiger partial charge is 0.496 e. The van der Waals surface area contributed by atoms with Crippen LogP contribution in [0.1, 0.15) is 30.4 Å². The molecule has 2 heteroatoms. The number of hydrogen-bond donors (Lipinski definition) is 0. The van der Waals surface area contributed by atoms with Crippen LogP contribution in [-0.2, 0) is 4.79 Å². The highest BCUT2D eigenvalue weighted by atomic mass is 16.5. The topological polar surface area (TPSA) is 26.3 Å². The van der Waals surface area contributed by atoms with Crippen molar-refractivity contribution in [3.63, 3.8) is 0 Å². The number of ketones is 1. The Morgan fingerprint density at radius 3 is 2.75 bits per heavy atom. The van der Waals surface area contributed by atoms with Gasteiger partial charge in [0.2, 0.25) is 0 Å². The van der Waals surface area contributed by atoms with E-state index in [1.807, 2.05) is 19.1 Å². The summed E-state index contributed by atoms with van der Waals surface area (Å²) in [6.07, 6.45) is 4.35. The lowest BCUT2D eigenvalue weighted by molar-refractivity contribution is -0.114. The minimum Gasteiger partial charge on any atom is -0.496 e. The van der Waals surface area contributed by atoms with Crippen molar-refractivity contribution in [2.24, 2.45) is 0 Å². The number of carbonyl (C=O) groups is 1. The lowest BCUT2D eigenvalue weighted by atomic mass is 9.92. The summed E-state index contributed by atoms with van der Waals surface area (Å²) in [5.41, 5.74) is 3.36. The van der Waals surface area contributed by atoms with Gasteiger partial charge in [-0.05, 0) is 43.5 Å². The van der Waals surface area contributed by atoms with Gasteiger partial charge in [0.05, 0.1) is 7.11 Å². The molecule has 2 rings (SSSR count). The molecule has 0 aliphatic heterocycles. The van der Waals surface area contributed by atoms with Gasteiger partial charge in [-0.25, -0.2) is 0 Å². The van der Waals surface area contributed by atoms with Crippen LogP contribution in [0.25, 0.3) is 5.57 Å². The highest BCUT2D eigenvalue weighted by molar-refractivity contribution is 5.99. The van der Waals surface area contributed by atoms with Crippen LogP contribution in [0.4, 0.5) is 0 Å². The van der Waals surface area contributed by atoms with E-state index in [9.17, 15) is 4.79 Å². The number of rotatable bonds is 2. The van der Waals surface area contributed by atoms with E-state index >= 15 is 0 Å². The van der Waals surface area contributed by atoms with Gasteiger partial charge in [-0.3, -0.25) is 4.79 Å². The number of carbonyl (C=O) groups excluding carboxylic acids is 1. The van der Waals surface area contributed by atoms with Crippen LogP contribution in [0.15, 0.2) is 24.3 Å². The van der Waals surface area contributed by atoms with Crippen molar-refractivity contribution in [1.82, 2.24) is 0 Å². The monoisotopic (exact) mass is 216 g/mol. The second-order valence-corrected chi connectivity index (χ2v) is 4.19. The van der Waals surface area contributed by atoms with Crippen LogP contribution in [0.5, 0.6) is 5.75 Å². The first-order valence-electron chi connectivity index (χ1n) is 5.59. The van der Waals surface area contributed by atoms with E-state index in [0.29, 0.717) is 6.42 Å². The number of methoxy groups -OCH3 is 1. The van der Waals surface area contributed by atoms with Gasteiger partial charge in [-0.1, -0.05) is 11.6 Å². The summed E-state index contributed by atoms with van der Waals surface area (Å²) in [5.74, 6) is 1.08. The summed E-state index contributed by atoms with van der Waals surface area (Å²) < 4.78 is 5.34. The zero-order valence-electron chi connectivity index (χ0n) is 9.75. The normalized spacial score (nSPS) is 15.9. The van der Waals surface area contributed by atoms with E-state index in [1.54, 1.807) is 13.2 Å². The predicted octanol–water partition coefficient (Wildman–Crippen LogP) is 3.14. The third-order valence-corrected chi connectivity index (χ3v) is 2.91. The molecule has 0 aromatic heterocycles. The molecule has 0 unspecified atom stereocenters. The highest BCUT2D eigenvalue weighted by Gasteiger charge is 2.14. The van der Waals surface area contributed by atoms with Crippen LogP contribution in [0.3, 0.4) is 0 Å². The molecule has 0 spiro atoms. The minimum atomic E-state index is 0.227. The molecule has 0 fully saturated rings. The zero-order chi connectivity index (χ0) is 11.5. The molecule has 0 amide bonds. The summed E-state index contributed by atoms with van der Waals surface area (Å²) in [6, 6.07) is 6.07. The fraction of sp³-hybridized carbons (Fsp3) is 0.357. The molecule has 1 aromatic rings. The zero-order valence-corrected chi connectivity index (χ0v) is 9.75. The van der Waals surface area contributed by atoms with Gasteiger partial charge in [0.15, 0.2) is 5.78 Å². The van der Waals surface area contributed by atoms with E-state index in [1.165, 1.54) is 5.56 Å². The summed E-state index contributed by atoms with van der Waals surface area (Å²) in [4.78, 5) is 11.4. The molecule has 0 saturated carbocycles. The summed E-state index contributed by atoms with van der Waals surface area (Å²) in [5, 5.41) is 0.